The van der Waals surface area contributed by atoms with Crippen molar-refractivity contribution in [2.75, 3.05) is 5.32 Å². The van der Waals surface area contributed by atoms with Crippen LogP contribution in [0.15, 0.2) is 48.5 Å². The van der Waals surface area contributed by atoms with E-state index in [2.05, 4.69) is 50.4 Å². The standard InChI is InChI=1S/C19H25NO/c1-14-10-11-16(12-18(14)21)20-17(13-19(2,3)4)15-8-6-5-7-9-15/h5-12,17,20-21H,13H2,1-4H3. The number of benzene rings is 2. The van der Waals surface area contributed by atoms with Crippen molar-refractivity contribution in [3.8, 4) is 5.75 Å². The van der Waals surface area contributed by atoms with E-state index in [1.54, 1.807) is 6.07 Å². The first kappa shape index (κ1) is 15.4. The zero-order valence-electron chi connectivity index (χ0n) is 13.4. The van der Waals surface area contributed by atoms with Crippen molar-refractivity contribution >= 4 is 5.69 Å². The van der Waals surface area contributed by atoms with E-state index in [4.69, 9.17) is 0 Å². The number of aromatic hydroxyl groups is 1. The van der Waals surface area contributed by atoms with Crippen LogP contribution in [0, 0.1) is 12.3 Å². The molecular formula is C19H25NO. The first-order valence-corrected chi connectivity index (χ1v) is 7.46. The fourth-order valence-corrected chi connectivity index (χ4v) is 2.45. The molecule has 0 aliphatic rings. The minimum absolute atomic E-state index is 0.222. The van der Waals surface area contributed by atoms with Crippen molar-refractivity contribution in [2.45, 2.75) is 40.2 Å². The van der Waals surface area contributed by atoms with Gasteiger partial charge in [0.25, 0.3) is 0 Å². The van der Waals surface area contributed by atoms with E-state index in [1.165, 1.54) is 5.56 Å². The number of rotatable bonds is 4. The number of anilines is 1. The molecule has 0 aromatic heterocycles. The molecule has 2 heteroatoms. The summed E-state index contributed by atoms with van der Waals surface area (Å²) in [5.41, 5.74) is 3.34. The van der Waals surface area contributed by atoms with E-state index in [-0.39, 0.29) is 11.5 Å². The summed E-state index contributed by atoms with van der Waals surface area (Å²) in [4.78, 5) is 0. The SMILES string of the molecule is Cc1ccc(NC(CC(C)(C)C)c2ccccc2)cc1O. The minimum atomic E-state index is 0.222. The molecule has 0 heterocycles. The highest BCUT2D eigenvalue weighted by molar-refractivity contribution is 5.52. The molecule has 21 heavy (non-hydrogen) atoms. The third kappa shape index (κ3) is 4.52. The van der Waals surface area contributed by atoms with Crippen LogP contribution in [0.5, 0.6) is 5.75 Å². The largest absolute Gasteiger partial charge is 0.508 e. The molecule has 0 fully saturated rings. The number of hydrogen-bond donors (Lipinski definition) is 2. The molecule has 0 radical (unpaired) electrons. The number of nitrogens with one attached hydrogen (secondary N) is 1. The second-order valence-corrected chi connectivity index (χ2v) is 6.87. The maximum Gasteiger partial charge on any atom is 0.120 e. The Bertz CT molecular complexity index is 584. The van der Waals surface area contributed by atoms with Crippen LogP contribution in [0.4, 0.5) is 5.69 Å². The van der Waals surface area contributed by atoms with Crippen LogP contribution >= 0.6 is 0 Å². The van der Waals surface area contributed by atoms with E-state index in [0.717, 1.165) is 17.7 Å². The van der Waals surface area contributed by atoms with Crippen LogP contribution in [0.3, 0.4) is 0 Å². The molecule has 2 aromatic carbocycles. The average molecular weight is 283 g/mol. The molecule has 2 aromatic rings. The molecule has 2 nitrogen and oxygen atoms in total. The van der Waals surface area contributed by atoms with Gasteiger partial charge in [-0.15, -0.1) is 0 Å². The Balaban J connectivity index is 2.25. The summed E-state index contributed by atoms with van der Waals surface area (Å²) in [5.74, 6) is 0.336. The Morgan fingerprint density at radius 1 is 1.05 bits per heavy atom. The molecular weight excluding hydrogens is 258 g/mol. The summed E-state index contributed by atoms with van der Waals surface area (Å²) in [6.07, 6.45) is 1.02. The first-order valence-electron chi connectivity index (χ1n) is 7.46. The molecule has 1 atom stereocenters. The normalized spacial score (nSPS) is 13.0. The fraction of sp³-hybridized carbons (Fsp3) is 0.368. The molecule has 2 N–H and O–H groups in total. The van der Waals surface area contributed by atoms with Crippen molar-refractivity contribution in [2.24, 2.45) is 5.41 Å². The molecule has 2 rings (SSSR count). The van der Waals surface area contributed by atoms with Crippen LogP contribution in [0.1, 0.15) is 44.4 Å². The van der Waals surface area contributed by atoms with E-state index in [1.807, 2.05) is 25.1 Å². The van der Waals surface area contributed by atoms with E-state index >= 15 is 0 Å². The molecule has 0 spiro atoms. The Morgan fingerprint density at radius 3 is 2.29 bits per heavy atom. The fourth-order valence-electron chi connectivity index (χ4n) is 2.45. The van der Waals surface area contributed by atoms with Gasteiger partial charge >= 0.3 is 0 Å². The number of aryl methyl sites for hydroxylation is 1. The predicted molar refractivity (Wildman–Crippen MR) is 89.7 cm³/mol. The van der Waals surface area contributed by atoms with E-state index < -0.39 is 0 Å². The monoisotopic (exact) mass is 283 g/mol. The Hall–Kier alpha value is -1.96. The Morgan fingerprint density at radius 2 is 1.71 bits per heavy atom. The van der Waals surface area contributed by atoms with Gasteiger partial charge in [-0.3, -0.25) is 0 Å². The van der Waals surface area contributed by atoms with Crippen molar-refractivity contribution in [1.29, 1.82) is 0 Å². The van der Waals surface area contributed by atoms with Gasteiger partial charge in [-0.25, -0.2) is 0 Å². The average Bonchev–Trinajstić information content (AvgIpc) is 2.42. The summed E-state index contributed by atoms with van der Waals surface area (Å²) < 4.78 is 0. The summed E-state index contributed by atoms with van der Waals surface area (Å²) in [6.45, 7) is 8.65. The van der Waals surface area contributed by atoms with Crippen molar-refractivity contribution in [3.63, 3.8) is 0 Å². The van der Waals surface area contributed by atoms with E-state index in [0.29, 0.717) is 5.75 Å². The van der Waals surface area contributed by atoms with Gasteiger partial charge in [-0.2, -0.15) is 0 Å². The summed E-state index contributed by atoms with van der Waals surface area (Å²) in [6, 6.07) is 16.5. The summed E-state index contributed by atoms with van der Waals surface area (Å²) >= 11 is 0. The molecule has 1 unspecified atom stereocenters. The van der Waals surface area contributed by atoms with Crippen LogP contribution in [0.25, 0.3) is 0 Å². The quantitative estimate of drug-likeness (QED) is 0.799. The lowest BCUT2D eigenvalue weighted by Gasteiger charge is -2.28. The molecule has 0 saturated carbocycles. The number of hydrogen-bond acceptors (Lipinski definition) is 2. The zero-order chi connectivity index (χ0) is 15.5. The maximum absolute atomic E-state index is 9.88. The molecule has 0 amide bonds. The van der Waals surface area contributed by atoms with Gasteiger partial charge in [0.2, 0.25) is 0 Å². The third-order valence-corrected chi connectivity index (χ3v) is 3.57. The lowest BCUT2D eigenvalue weighted by atomic mass is 9.85. The predicted octanol–water partition coefficient (Wildman–Crippen LogP) is 5.29. The highest BCUT2D eigenvalue weighted by Gasteiger charge is 2.20. The second kappa shape index (κ2) is 6.21. The van der Waals surface area contributed by atoms with Gasteiger partial charge in [0, 0.05) is 11.8 Å². The minimum Gasteiger partial charge on any atom is -0.508 e. The summed E-state index contributed by atoms with van der Waals surface area (Å²) in [5, 5.41) is 13.4. The van der Waals surface area contributed by atoms with Crippen LogP contribution in [-0.2, 0) is 0 Å². The lowest BCUT2D eigenvalue weighted by Crippen LogP contribution is -2.18. The van der Waals surface area contributed by atoms with E-state index in [9.17, 15) is 5.11 Å². The van der Waals surface area contributed by atoms with Crippen LogP contribution < -0.4 is 5.32 Å². The smallest absolute Gasteiger partial charge is 0.120 e. The number of phenolic OH excluding ortho intramolecular Hbond substituents is 1. The molecule has 112 valence electrons. The zero-order valence-corrected chi connectivity index (χ0v) is 13.4. The van der Waals surface area contributed by atoms with Gasteiger partial charge in [0.15, 0.2) is 0 Å². The summed E-state index contributed by atoms with van der Waals surface area (Å²) in [7, 11) is 0. The topological polar surface area (TPSA) is 32.3 Å². The van der Waals surface area contributed by atoms with Gasteiger partial charge in [-0.05, 0) is 36.0 Å². The van der Waals surface area contributed by atoms with Crippen LogP contribution in [0.2, 0.25) is 0 Å². The van der Waals surface area contributed by atoms with Gasteiger partial charge in [0.05, 0.1) is 6.04 Å². The van der Waals surface area contributed by atoms with Crippen molar-refractivity contribution in [1.82, 2.24) is 0 Å². The molecule has 0 saturated heterocycles. The highest BCUT2D eigenvalue weighted by atomic mass is 16.3. The Kier molecular flexibility index (Phi) is 4.56. The maximum atomic E-state index is 9.88. The molecule has 0 aliphatic heterocycles. The number of phenols is 1. The van der Waals surface area contributed by atoms with Crippen molar-refractivity contribution < 1.29 is 5.11 Å². The Labute approximate surface area is 127 Å². The van der Waals surface area contributed by atoms with Gasteiger partial charge in [-0.1, -0.05) is 57.2 Å². The molecule has 0 bridgehead atoms. The highest BCUT2D eigenvalue weighted by Crippen LogP contribution is 2.33. The lowest BCUT2D eigenvalue weighted by molar-refractivity contribution is 0.352. The first-order chi connectivity index (χ1) is 9.85. The van der Waals surface area contributed by atoms with Gasteiger partial charge in [0.1, 0.15) is 5.75 Å². The van der Waals surface area contributed by atoms with Crippen molar-refractivity contribution in [3.05, 3.63) is 59.7 Å². The van der Waals surface area contributed by atoms with Gasteiger partial charge < -0.3 is 10.4 Å². The molecule has 0 aliphatic carbocycles. The second-order valence-electron chi connectivity index (χ2n) is 6.87. The van der Waals surface area contributed by atoms with Crippen LogP contribution in [-0.4, -0.2) is 5.11 Å². The third-order valence-electron chi connectivity index (χ3n) is 3.57.